The van der Waals surface area contributed by atoms with Crippen LogP contribution in [0.5, 0.6) is 0 Å². The molecule has 1 atom stereocenters. The van der Waals surface area contributed by atoms with E-state index in [0.717, 1.165) is 50.2 Å². The van der Waals surface area contributed by atoms with Crippen LogP contribution in [0.25, 0.3) is 0 Å². The Kier molecular flexibility index (Phi) is 4.92. The van der Waals surface area contributed by atoms with Crippen molar-refractivity contribution in [1.29, 1.82) is 0 Å². The summed E-state index contributed by atoms with van der Waals surface area (Å²) >= 11 is 0. The molecule has 1 amide bonds. The Labute approximate surface area is 180 Å². The molecule has 3 aliphatic rings. The smallest absolute Gasteiger partial charge is 0.245 e. The first-order valence-electron chi connectivity index (χ1n) is 11.0. The number of halogens is 2. The van der Waals surface area contributed by atoms with Gasteiger partial charge in [-0.3, -0.25) is 9.80 Å². The number of anilines is 1. The van der Waals surface area contributed by atoms with Gasteiger partial charge in [-0.05, 0) is 43.0 Å². The lowest BCUT2D eigenvalue weighted by Crippen LogP contribution is -2.46. The van der Waals surface area contributed by atoms with E-state index in [0.29, 0.717) is 18.5 Å². The fourth-order valence-electron chi connectivity index (χ4n) is 5.21. The molecule has 0 saturated carbocycles. The Morgan fingerprint density at radius 3 is 2.48 bits per heavy atom. The van der Waals surface area contributed by atoms with Crippen LogP contribution in [0.3, 0.4) is 0 Å². The standard InChI is InChI=1S/C23H27F2N5O/c1-15(2)21-26-7-3-20(27-21)28-9-5-23(6-10-28)14-29-8-4-19(30(29)22(23)31)16-11-17(24)13-18(25)12-16/h3,7,11-13,15,19H,4-6,8-10,14H2,1-2H3/t19-/m0/s1. The van der Waals surface area contributed by atoms with Crippen LogP contribution in [0, 0.1) is 17.0 Å². The first-order chi connectivity index (χ1) is 14.9. The van der Waals surface area contributed by atoms with Gasteiger partial charge in [0.15, 0.2) is 0 Å². The fourth-order valence-corrected chi connectivity index (χ4v) is 5.21. The lowest BCUT2D eigenvalue weighted by molar-refractivity contribution is -0.143. The lowest BCUT2D eigenvalue weighted by atomic mass is 9.77. The predicted molar refractivity (Wildman–Crippen MR) is 112 cm³/mol. The zero-order chi connectivity index (χ0) is 21.8. The summed E-state index contributed by atoms with van der Waals surface area (Å²) in [6, 6.07) is 5.19. The Balaban J connectivity index is 1.33. The molecule has 6 nitrogen and oxygen atoms in total. The number of carbonyl (C=O) groups is 1. The molecular weight excluding hydrogens is 400 g/mol. The molecule has 0 radical (unpaired) electrons. The number of aromatic nitrogens is 2. The Morgan fingerprint density at radius 1 is 1.10 bits per heavy atom. The number of nitrogens with zero attached hydrogens (tertiary/aromatic N) is 5. The largest absolute Gasteiger partial charge is 0.356 e. The van der Waals surface area contributed by atoms with E-state index in [9.17, 15) is 13.6 Å². The molecular formula is C23H27F2N5O. The van der Waals surface area contributed by atoms with E-state index in [1.165, 1.54) is 12.1 Å². The highest BCUT2D eigenvalue weighted by atomic mass is 19.1. The topological polar surface area (TPSA) is 52.6 Å². The molecule has 3 saturated heterocycles. The summed E-state index contributed by atoms with van der Waals surface area (Å²) in [6.45, 7) is 7.05. The number of piperidine rings is 1. The molecule has 8 heteroatoms. The van der Waals surface area contributed by atoms with Crippen molar-refractivity contribution in [1.82, 2.24) is 20.0 Å². The van der Waals surface area contributed by atoms with Gasteiger partial charge in [0, 0.05) is 44.4 Å². The monoisotopic (exact) mass is 427 g/mol. The van der Waals surface area contributed by atoms with Crippen molar-refractivity contribution in [2.45, 2.75) is 45.1 Å². The van der Waals surface area contributed by atoms with Gasteiger partial charge in [-0.2, -0.15) is 0 Å². The maximum Gasteiger partial charge on any atom is 0.245 e. The highest BCUT2D eigenvalue weighted by Gasteiger charge is 2.56. The maximum absolute atomic E-state index is 13.8. The molecule has 0 bridgehead atoms. The van der Waals surface area contributed by atoms with Crippen molar-refractivity contribution < 1.29 is 13.6 Å². The van der Waals surface area contributed by atoms with Crippen LogP contribution >= 0.6 is 0 Å². The van der Waals surface area contributed by atoms with E-state index in [1.807, 2.05) is 6.07 Å². The zero-order valence-corrected chi connectivity index (χ0v) is 17.9. The Hall–Kier alpha value is -2.61. The third-order valence-electron chi connectivity index (χ3n) is 6.90. The second-order valence-electron chi connectivity index (χ2n) is 9.24. The molecule has 4 heterocycles. The summed E-state index contributed by atoms with van der Waals surface area (Å²) in [7, 11) is 0. The molecule has 1 aromatic heterocycles. The minimum Gasteiger partial charge on any atom is -0.356 e. The summed E-state index contributed by atoms with van der Waals surface area (Å²) in [5.74, 6) is 0.879. The minimum absolute atomic E-state index is 0.0878. The van der Waals surface area contributed by atoms with Gasteiger partial charge in [0.05, 0.1) is 11.5 Å². The molecule has 2 aromatic rings. The number of rotatable bonds is 3. The van der Waals surface area contributed by atoms with Crippen molar-refractivity contribution in [2.24, 2.45) is 5.41 Å². The van der Waals surface area contributed by atoms with Gasteiger partial charge in [-0.1, -0.05) is 13.8 Å². The van der Waals surface area contributed by atoms with E-state index in [-0.39, 0.29) is 17.9 Å². The molecule has 3 aliphatic heterocycles. The summed E-state index contributed by atoms with van der Waals surface area (Å²) in [4.78, 5) is 24.8. The molecule has 1 spiro atoms. The van der Waals surface area contributed by atoms with Gasteiger partial charge in [0.2, 0.25) is 5.91 Å². The highest BCUT2D eigenvalue weighted by molar-refractivity contribution is 5.85. The molecule has 3 fully saturated rings. The quantitative estimate of drug-likeness (QED) is 0.748. The highest BCUT2D eigenvalue weighted by Crippen LogP contribution is 2.47. The van der Waals surface area contributed by atoms with Gasteiger partial charge in [0.25, 0.3) is 0 Å². The van der Waals surface area contributed by atoms with Gasteiger partial charge >= 0.3 is 0 Å². The summed E-state index contributed by atoms with van der Waals surface area (Å²) in [6.07, 6.45) is 3.97. The van der Waals surface area contributed by atoms with Crippen molar-refractivity contribution in [2.75, 3.05) is 31.1 Å². The number of hydrogen-bond acceptors (Lipinski definition) is 5. The molecule has 0 unspecified atom stereocenters. The van der Waals surface area contributed by atoms with Gasteiger partial charge in [0.1, 0.15) is 23.3 Å². The molecule has 0 N–H and O–H groups in total. The van der Waals surface area contributed by atoms with Crippen LogP contribution in [0.2, 0.25) is 0 Å². The number of fused-ring (bicyclic) bond motifs is 1. The molecule has 1 aromatic carbocycles. The summed E-state index contributed by atoms with van der Waals surface area (Å²) < 4.78 is 27.6. The van der Waals surface area contributed by atoms with Crippen molar-refractivity contribution in [3.8, 4) is 0 Å². The number of carbonyl (C=O) groups excluding carboxylic acids is 1. The predicted octanol–water partition coefficient (Wildman–Crippen LogP) is 3.67. The maximum atomic E-state index is 13.8. The summed E-state index contributed by atoms with van der Waals surface area (Å²) in [5.41, 5.74) is 0.0969. The Bertz CT molecular complexity index is 985. The van der Waals surface area contributed by atoms with Gasteiger partial charge in [-0.15, -0.1) is 0 Å². The second kappa shape index (κ2) is 7.51. The van der Waals surface area contributed by atoms with Crippen LogP contribution in [0.15, 0.2) is 30.5 Å². The molecule has 5 rings (SSSR count). The molecule has 0 aliphatic carbocycles. The third-order valence-corrected chi connectivity index (χ3v) is 6.90. The summed E-state index contributed by atoms with van der Waals surface area (Å²) in [5, 5.41) is 3.85. The van der Waals surface area contributed by atoms with Crippen LogP contribution in [0.4, 0.5) is 14.6 Å². The average molecular weight is 427 g/mol. The van der Waals surface area contributed by atoms with E-state index < -0.39 is 17.0 Å². The van der Waals surface area contributed by atoms with Crippen molar-refractivity contribution >= 4 is 11.7 Å². The Morgan fingerprint density at radius 2 is 1.81 bits per heavy atom. The van der Waals surface area contributed by atoms with E-state index in [2.05, 4.69) is 28.7 Å². The third kappa shape index (κ3) is 3.46. The number of hydrazine groups is 1. The fraction of sp³-hybridized carbons (Fsp3) is 0.522. The normalized spacial score (nSPS) is 23.3. The van der Waals surface area contributed by atoms with Crippen LogP contribution in [0.1, 0.15) is 56.5 Å². The molecule has 164 valence electrons. The van der Waals surface area contributed by atoms with Crippen LogP contribution in [-0.2, 0) is 4.79 Å². The zero-order valence-electron chi connectivity index (χ0n) is 17.9. The first-order valence-corrected chi connectivity index (χ1v) is 11.0. The molecule has 31 heavy (non-hydrogen) atoms. The average Bonchev–Trinajstić information content (AvgIpc) is 3.26. The number of hydrogen-bond donors (Lipinski definition) is 0. The van der Waals surface area contributed by atoms with E-state index in [4.69, 9.17) is 4.98 Å². The SMILES string of the molecule is CC(C)c1nccc(N2CCC3(CC2)CN2CC[C@@H](c4cc(F)cc(F)c4)N2C3=O)n1. The second-order valence-corrected chi connectivity index (χ2v) is 9.24. The van der Waals surface area contributed by atoms with Crippen LogP contribution < -0.4 is 4.90 Å². The van der Waals surface area contributed by atoms with E-state index in [1.54, 1.807) is 11.2 Å². The van der Waals surface area contributed by atoms with Crippen molar-refractivity contribution in [3.63, 3.8) is 0 Å². The van der Waals surface area contributed by atoms with Gasteiger partial charge < -0.3 is 4.90 Å². The van der Waals surface area contributed by atoms with Gasteiger partial charge in [-0.25, -0.2) is 23.8 Å². The number of benzene rings is 1. The minimum atomic E-state index is -0.603. The van der Waals surface area contributed by atoms with E-state index >= 15 is 0 Å². The van der Waals surface area contributed by atoms with Crippen LogP contribution in [-0.4, -0.2) is 52.1 Å². The lowest BCUT2D eigenvalue weighted by Gasteiger charge is -2.38. The first kappa shape index (κ1) is 20.3. The number of amides is 1. The van der Waals surface area contributed by atoms with Crippen molar-refractivity contribution in [3.05, 3.63) is 53.5 Å².